The van der Waals surface area contributed by atoms with Crippen molar-refractivity contribution in [3.05, 3.63) is 41.7 Å². The van der Waals surface area contributed by atoms with Gasteiger partial charge in [-0.1, -0.05) is 12.1 Å². The van der Waals surface area contributed by atoms with Crippen LogP contribution in [0.5, 0.6) is 5.75 Å². The molecule has 0 atom stereocenters. The lowest BCUT2D eigenvalue weighted by Crippen LogP contribution is -2.45. The van der Waals surface area contributed by atoms with Crippen molar-refractivity contribution in [2.24, 2.45) is 0 Å². The van der Waals surface area contributed by atoms with Gasteiger partial charge in [0.25, 0.3) is 5.91 Å². The SMILES string of the molecule is COc1ccccc1NC(=O)c1cc(C)nc(N2CCN(C)CC2)n1. The lowest BCUT2D eigenvalue weighted by molar-refractivity contribution is 0.102. The van der Waals surface area contributed by atoms with Gasteiger partial charge in [-0.2, -0.15) is 0 Å². The Bertz CT molecular complexity index is 757. The van der Waals surface area contributed by atoms with Gasteiger partial charge in [-0.15, -0.1) is 0 Å². The van der Waals surface area contributed by atoms with Crippen LogP contribution in [-0.4, -0.2) is 61.1 Å². The molecule has 25 heavy (non-hydrogen) atoms. The van der Waals surface area contributed by atoms with E-state index in [0.29, 0.717) is 23.1 Å². The molecule has 1 amide bonds. The smallest absolute Gasteiger partial charge is 0.274 e. The molecule has 1 aliphatic heterocycles. The average molecular weight is 341 g/mol. The second-order valence-corrected chi connectivity index (χ2v) is 6.14. The van der Waals surface area contributed by atoms with Crippen molar-refractivity contribution >= 4 is 17.5 Å². The summed E-state index contributed by atoms with van der Waals surface area (Å²) in [6.45, 7) is 5.50. The number of aryl methyl sites for hydroxylation is 1. The molecule has 132 valence electrons. The molecule has 0 aliphatic carbocycles. The molecule has 0 bridgehead atoms. The summed E-state index contributed by atoms with van der Waals surface area (Å²) < 4.78 is 5.27. The maximum atomic E-state index is 12.6. The summed E-state index contributed by atoms with van der Waals surface area (Å²) in [5, 5.41) is 2.86. The maximum Gasteiger partial charge on any atom is 0.274 e. The zero-order valence-corrected chi connectivity index (χ0v) is 14.8. The van der Waals surface area contributed by atoms with Gasteiger partial charge >= 0.3 is 0 Å². The van der Waals surface area contributed by atoms with Gasteiger partial charge in [-0.25, -0.2) is 9.97 Å². The van der Waals surface area contributed by atoms with Crippen LogP contribution in [0.3, 0.4) is 0 Å². The Morgan fingerprint density at radius 1 is 1.16 bits per heavy atom. The molecule has 1 fully saturated rings. The predicted octanol–water partition coefficient (Wildman–Crippen LogP) is 1.80. The summed E-state index contributed by atoms with van der Waals surface area (Å²) >= 11 is 0. The van der Waals surface area contributed by atoms with Crippen LogP contribution in [0.15, 0.2) is 30.3 Å². The topological polar surface area (TPSA) is 70.6 Å². The summed E-state index contributed by atoms with van der Waals surface area (Å²) in [6.07, 6.45) is 0. The number of anilines is 2. The van der Waals surface area contributed by atoms with Crippen LogP contribution < -0.4 is 15.0 Å². The van der Waals surface area contributed by atoms with Crippen LogP contribution >= 0.6 is 0 Å². The first-order valence-electron chi connectivity index (χ1n) is 8.30. The highest BCUT2D eigenvalue weighted by atomic mass is 16.5. The zero-order valence-electron chi connectivity index (χ0n) is 14.8. The third kappa shape index (κ3) is 4.06. The maximum absolute atomic E-state index is 12.6. The number of benzene rings is 1. The number of likely N-dealkylation sites (N-methyl/N-ethyl adjacent to an activating group) is 1. The number of aromatic nitrogens is 2. The number of nitrogens with one attached hydrogen (secondary N) is 1. The van der Waals surface area contributed by atoms with Crippen molar-refractivity contribution in [2.45, 2.75) is 6.92 Å². The van der Waals surface area contributed by atoms with Gasteiger partial charge < -0.3 is 19.9 Å². The molecule has 1 saturated heterocycles. The van der Waals surface area contributed by atoms with Crippen molar-refractivity contribution < 1.29 is 9.53 Å². The van der Waals surface area contributed by atoms with Gasteiger partial charge in [0.15, 0.2) is 0 Å². The van der Waals surface area contributed by atoms with Crippen LogP contribution in [0, 0.1) is 6.92 Å². The van der Waals surface area contributed by atoms with Crippen LogP contribution in [-0.2, 0) is 0 Å². The van der Waals surface area contributed by atoms with Crippen LogP contribution in [0.2, 0.25) is 0 Å². The number of carbonyl (C=O) groups excluding carboxylic acids is 1. The lowest BCUT2D eigenvalue weighted by atomic mass is 10.2. The molecule has 3 rings (SSSR count). The number of ether oxygens (including phenoxy) is 1. The Morgan fingerprint density at radius 3 is 2.60 bits per heavy atom. The zero-order chi connectivity index (χ0) is 17.8. The number of methoxy groups -OCH3 is 1. The summed E-state index contributed by atoms with van der Waals surface area (Å²) in [5.41, 5.74) is 1.74. The monoisotopic (exact) mass is 341 g/mol. The van der Waals surface area contributed by atoms with Crippen LogP contribution in [0.1, 0.15) is 16.2 Å². The van der Waals surface area contributed by atoms with Crippen LogP contribution in [0.25, 0.3) is 0 Å². The standard InChI is InChI=1S/C18H23N5O2/c1-13-12-15(17(24)20-14-6-4-5-7-16(14)25-3)21-18(19-13)23-10-8-22(2)9-11-23/h4-7,12H,8-11H2,1-3H3,(H,20,24). The highest BCUT2D eigenvalue weighted by Crippen LogP contribution is 2.23. The molecule has 1 N–H and O–H groups in total. The third-order valence-electron chi connectivity index (χ3n) is 4.22. The number of nitrogens with zero attached hydrogens (tertiary/aromatic N) is 4. The highest BCUT2D eigenvalue weighted by molar-refractivity contribution is 6.03. The summed E-state index contributed by atoms with van der Waals surface area (Å²) in [4.78, 5) is 26.0. The molecular formula is C18H23N5O2. The molecule has 7 nitrogen and oxygen atoms in total. The fourth-order valence-corrected chi connectivity index (χ4v) is 2.75. The molecule has 2 heterocycles. The minimum absolute atomic E-state index is 0.273. The fraction of sp³-hybridized carbons (Fsp3) is 0.389. The molecule has 1 aliphatic rings. The van der Waals surface area contributed by atoms with E-state index in [4.69, 9.17) is 4.74 Å². The molecule has 7 heteroatoms. The van der Waals surface area contributed by atoms with E-state index in [9.17, 15) is 4.79 Å². The van der Waals surface area contributed by atoms with Crippen LogP contribution in [0.4, 0.5) is 11.6 Å². The molecule has 0 unspecified atom stereocenters. The number of para-hydroxylation sites is 2. The third-order valence-corrected chi connectivity index (χ3v) is 4.22. The van der Waals surface area contributed by atoms with E-state index in [0.717, 1.165) is 31.9 Å². The quantitative estimate of drug-likeness (QED) is 0.914. The Balaban J connectivity index is 1.81. The van der Waals surface area contributed by atoms with Crippen molar-refractivity contribution in [3.63, 3.8) is 0 Å². The predicted molar refractivity (Wildman–Crippen MR) is 97.4 cm³/mol. The van der Waals surface area contributed by atoms with Gasteiger partial charge in [0.1, 0.15) is 11.4 Å². The highest BCUT2D eigenvalue weighted by Gasteiger charge is 2.19. The molecular weight excluding hydrogens is 318 g/mol. The van der Waals surface area contributed by atoms with E-state index in [1.54, 1.807) is 25.3 Å². The van der Waals surface area contributed by atoms with Crippen molar-refractivity contribution in [1.29, 1.82) is 0 Å². The Morgan fingerprint density at radius 2 is 1.88 bits per heavy atom. The molecule has 2 aromatic rings. The van der Waals surface area contributed by atoms with Gasteiger partial charge in [0.05, 0.1) is 12.8 Å². The van der Waals surface area contributed by atoms with Gasteiger partial charge in [-0.05, 0) is 32.2 Å². The second-order valence-electron chi connectivity index (χ2n) is 6.14. The van der Waals surface area contributed by atoms with Crippen molar-refractivity contribution in [1.82, 2.24) is 14.9 Å². The first-order valence-corrected chi connectivity index (χ1v) is 8.30. The molecule has 1 aromatic heterocycles. The largest absolute Gasteiger partial charge is 0.495 e. The average Bonchev–Trinajstić information content (AvgIpc) is 2.62. The van der Waals surface area contributed by atoms with E-state index in [1.165, 1.54) is 0 Å². The van der Waals surface area contributed by atoms with Gasteiger partial charge in [0, 0.05) is 31.9 Å². The first-order chi connectivity index (χ1) is 12.1. The summed E-state index contributed by atoms with van der Waals surface area (Å²) in [6, 6.07) is 9.00. The number of hydrogen-bond acceptors (Lipinski definition) is 6. The Hall–Kier alpha value is -2.67. The lowest BCUT2D eigenvalue weighted by Gasteiger charge is -2.32. The van der Waals surface area contributed by atoms with Gasteiger partial charge in [-0.3, -0.25) is 4.79 Å². The number of piperazine rings is 1. The number of hydrogen-bond donors (Lipinski definition) is 1. The molecule has 1 aromatic carbocycles. The van der Waals surface area contributed by atoms with Crippen molar-refractivity contribution in [3.8, 4) is 5.75 Å². The van der Waals surface area contributed by atoms with E-state index < -0.39 is 0 Å². The Labute approximate surface area is 147 Å². The Kier molecular flexibility index (Phi) is 5.14. The minimum atomic E-state index is -0.273. The second kappa shape index (κ2) is 7.48. The fourth-order valence-electron chi connectivity index (χ4n) is 2.75. The normalized spacial score (nSPS) is 15.1. The first kappa shape index (κ1) is 17.2. The van der Waals surface area contributed by atoms with E-state index in [1.807, 2.05) is 19.1 Å². The molecule has 0 spiro atoms. The number of amides is 1. The van der Waals surface area contributed by atoms with Crippen molar-refractivity contribution in [2.75, 3.05) is 50.6 Å². The molecule has 0 radical (unpaired) electrons. The minimum Gasteiger partial charge on any atom is -0.495 e. The number of rotatable bonds is 4. The van der Waals surface area contributed by atoms with E-state index in [-0.39, 0.29) is 5.91 Å². The van der Waals surface area contributed by atoms with Gasteiger partial charge in [0.2, 0.25) is 5.95 Å². The summed E-state index contributed by atoms with van der Waals surface area (Å²) in [7, 11) is 3.67. The summed E-state index contributed by atoms with van der Waals surface area (Å²) in [5.74, 6) is 0.949. The van der Waals surface area contributed by atoms with E-state index >= 15 is 0 Å². The molecule has 0 saturated carbocycles. The van der Waals surface area contributed by atoms with E-state index in [2.05, 4.69) is 32.1 Å². The number of carbonyl (C=O) groups is 1.